The molecule has 1 saturated heterocycles. The largest absolute Gasteiger partial charge is 0.481 e. The lowest BCUT2D eigenvalue weighted by Gasteiger charge is -2.39. The minimum Gasteiger partial charge on any atom is -0.481 e. The molecule has 0 saturated carbocycles. The quantitative estimate of drug-likeness (QED) is 0.885. The summed E-state index contributed by atoms with van der Waals surface area (Å²) in [5, 5.41) is 9.89. The zero-order chi connectivity index (χ0) is 20.3. The first-order chi connectivity index (χ1) is 13.3. The Morgan fingerprint density at radius 3 is 2.11 bits per heavy atom. The van der Waals surface area contributed by atoms with Crippen LogP contribution in [-0.4, -0.2) is 59.9 Å². The fraction of sp³-hybridized carbons (Fsp3) is 0.318. The number of hydrogen-bond acceptors (Lipinski definition) is 3. The van der Waals surface area contributed by atoms with Gasteiger partial charge < -0.3 is 14.9 Å². The van der Waals surface area contributed by atoms with Gasteiger partial charge >= 0.3 is 5.97 Å². The maximum atomic E-state index is 12.9. The lowest BCUT2D eigenvalue weighted by Crippen LogP contribution is -2.49. The van der Waals surface area contributed by atoms with E-state index in [9.17, 15) is 19.5 Å². The van der Waals surface area contributed by atoms with E-state index in [0.29, 0.717) is 37.1 Å². The third kappa shape index (κ3) is 3.63. The number of likely N-dealkylation sites (tertiary alicyclic amines) is 1. The van der Waals surface area contributed by atoms with Gasteiger partial charge in [0.2, 0.25) is 0 Å². The van der Waals surface area contributed by atoms with Gasteiger partial charge in [-0.1, -0.05) is 36.4 Å². The number of nitrogens with zero attached hydrogens (tertiary/aromatic N) is 2. The molecule has 2 aromatic rings. The topological polar surface area (TPSA) is 77.9 Å². The van der Waals surface area contributed by atoms with Crippen molar-refractivity contribution in [2.75, 3.05) is 27.2 Å². The van der Waals surface area contributed by atoms with E-state index in [1.54, 1.807) is 43.3 Å². The Kier molecular flexibility index (Phi) is 5.49. The number of rotatable bonds is 4. The summed E-state index contributed by atoms with van der Waals surface area (Å²) in [6.07, 6.45) is 0.711. The second-order valence-corrected chi connectivity index (χ2v) is 7.33. The van der Waals surface area contributed by atoms with Crippen LogP contribution in [0, 0.1) is 0 Å². The number of aliphatic carboxylic acids is 1. The highest BCUT2D eigenvalue weighted by molar-refractivity contribution is 5.99. The van der Waals surface area contributed by atoms with E-state index >= 15 is 0 Å². The van der Waals surface area contributed by atoms with Gasteiger partial charge in [-0.3, -0.25) is 14.4 Å². The first kappa shape index (κ1) is 19.6. The Bertz CT molecular complexity index is 884. The normalized spacial score (nSPS) is 15.7. The Morgan fingerprint density at radius 1 is 0.929 bits per heavy atom. The van der Waals surface area contributed by atoms with Crippen molar-refractivity contribution >= 4 is 17.8 Å². The van der Waals surface area contributed by atoms with Gasteiger partial charge in [0.05, 0.1) is 5.41 Å². The molecule has 2 amide bonds. The van der Waals surface area contributed by atoms with Crippen LogP contribution >= 0.6 is 0 Å². The zero-order valence-electron chi connectivity index (χ0n) is 16.1. The smallest absolute Gasteiger partial charge is 0.314 e. The van der Waals surface area contributed by atoms with Gasteiger partial charge in [0.1, 0.15) is 0 Å². The average Bonchev–Trinajstić information content (AvgIpc) is 2.73. The van der Waals surface area contributed by atoms with Crippen LogP contribution in [0.4, 0.5) is 0 Å². The SMILES string of the molecule is CN(C)C(=O)c1cccc(C(=O)N2CCC(C(=O)O)(c3ccccc3)CC2)c1. The number of carbonyl (C=O) groups excluding carboxylic acids is 2. The molecular weight excluding hydrogens is 356 g/mol. The van der Waals surface area contributed by atoms with Crippen LogP contribution in [0.5, 0.6) is 0 Å². The zero-order valence-corrected chi connectivity index (χ0v) is 16.1. The van der Waals surface area contributed by atoms with E-state index in [0.717, 1.165) is 5.56 Å². The molecular formula is C22H24N2O4. The molecule has 28 heavy (non-hydrogen) atoms. The minimum atomic E-state index is -0.971. The van der Waals surface area contributed by atoms with Gasteiger partial charge in [-0.15, -0.1) is 0 Å². The highest BCUT2D eigenvalue weighted by atomic mass is 16.4. The number of amides is 2. The third-order valence-corrected chi connectivity index (χ3v) is 5.40. The predicted octanol–water partition coefficient (Wildman–Crippen LogP) is 2.65. The molecule has 0 unspecified atom stereocenters. The molecule has 0 bridgehead atoms. The fourth-order valence-corrected chi connectivity index (χ4v) is 3.70. The molecule has 1 aliphatic heterocycles. The van der Waals surface area contributed by atoms with Crippen molar-refractivity contribution in [1.82, 2.24) is 9.80 Å². The third-order valence-electron chi connectivity index (χ3n) is 5.40. The number of benzene rings is 2. The lowest BCUT2D eigenvalue weighted by atomic mass is 9.72. The minimum absolute atomic E-state index is 0.165. The van der Waals surface area contributed by atoms with E-state index in [2.05, 4.69) is 0 Å². The summed E-state index contributed by atoms with van der Waals surface area (Å²) in [5.41, 5.74) is 0.696. The van der Waals surface area contributed by atoms with Gasteiger partial charge in [-0.05, 0) is 36.6 Å². The van der Waals surface area contributed by atoms with Gasteiger partial charge in [0, 0.05) is 38.3 Å². The van der Waals surface area contributed by atoms with Crippen molar-refractivity contribution in [2.45, 2.75) is 18.3 Å². The van der Waals surface area contributed by atoms with Gasteiger partial charge in [0.15, 0.2) is 0 Å². The summed E-state index contributed by atoms with van der Waals surface area (Å²) in [4.78, 5) is 40.3. The molecule has 0 atom stereocenters. The van der Waals surface area contributed by atoms with Crippen LogP contribution < -0.4 is 0 Å². The van der Waals surface area contributed by atoms with Crippen molar-refractivity contribution in [1.29, 1.82) is 0 Å². The summed E-state index contributed by atoms with van der Waals surface area (Å²) >= 11 is 0. The number of hydrogen-bond donors (Lipinski definition) is 1. The van der Waals surface area contributed by atoms with E-state index in [-0.39, 0.29) is 11.8 Å². The van der Waals surface area contributed by atoms with Crippen molar-refractivity contribution in [3.63, 3.8) is 0 Å². The number of carboxylic acid groups (broad SMARTS) is 1. The fourth-order valence-electron chi connectivity index (χ4n) is 3.70. The van der Waals surface area contributed by atoms with Crippen molar-refractivity contribution < 1.29 is 19.5 Å². The molecule has 1 fully saturated rings. The second kappa shape index (κ2) is 7.84. The van der Waals surface area contributed by atoms with Crippen LogP contribution in [0.2, 0.25) is 0 Å². The summed E-state index contributed by atoms with van der Waals surface area (Å²) in [6.45, 7) is 0.706. The standard InChI is InChI=1S/C22H24N2O4/c1-23(2)19(25)16-7-6-8-17(15-16)20(26)24-13-11-22(12-14-24,21(27)28)18-9-4-3-5-10-18/h3-10,15H,11-14H2,1-2H3,(H,27,28). The van der Waals surface area contributed by atoms with Crippen LogP contribution in [0.15, 0.2) is 54.6 Å². The van der Waals surface area contributed by atoms with E-state index in [4.69, 9.17) is 0 Å². The molecule has 1 N–H and O–H groups in total. The average molecular weight is 380 g/mol. The molecule has 0 aliphatic carbocycles. The number of piperidine rings is 1. The molecule has 6 heteroatoms. The van der Waals surface area contributed by atoms with Crippen LogP contribution in [-0.2, 0) is 10.2 Å². The Labute approximate surface area is 164 Å². The molecule has 0 radical (unpaired) electrons. The van der Waals surface area contributed by atoms with Gasteiger partial charge in [-0.2, -0.15) is 0 Å². The second-order valence-electron chi connectivity index (χ2n) is 7.33. The summed E-state index contributed by atoms with van der Waals surface area (Å²) in [5.74, 6) is -1.20. The van der Waals surface area contributed by atoms with Crippen LogP contribution in [0.25, 0.3) is 0 Å². The number of carboxylic acids is 1. The molecule has 0 aromatic heterocycles. The van der Waals surface area contributed by atoms with Crippen molar-refractivity contribution in [3.05, 3.63) is 71.3 Å². The summed E-state index contributed by atoms with van der Waals surface area (Å²) < 4.78 is 0. The van der Waals surface area contributed by atoms with Crippen molar-refractivity contribution in [2.24, 2.45) is 0 Å². The number of carbonyl (C=O) groups is 3. The van der Waals surface area contributed by atoms with Crippen molar-refractivity contribution in [3.8, 4) is 0 Å². The molecule has 1 heterocycles. The summed E-state index contributed by atoms with van der Waals surface area (Å²) in [6, 6.07) is 15.9. The lowest BCUT2D eigenvalue weighted by molar-refractivity contribution is -0.145. The molecule has 0 spiro atoms. The first-order valence-corrected chi connectivity index (χ1v) is 9.25. The Morgan fingerprint density at radius 2 is 1.54 bits per heavy atom. The van der Waals surface area contributed by atoms with E-state index < -0.39 is 11.4 Å². The highest BCUT2D eigenvalue weighted by Gasteiger charge is 2.43. The maximum Gasteiger partial charge on any atom is 0.314 e. The monoisotopic (exact) mass is 380 g/mol. The summed E-state index contributed by atoms with van der Waals surface area (Å²) in [7, 11) is 3.33. The Hall–Kier alpha value is -3.15. The van der Waals surface area contributed by atoms with E-state index in [1.807, 2.05) is 30.3 Å². The highest BCUT2D eigenvalue weighted by Crippen LogP contribution is 2.36. The molecule has 3 rings (SSSR count). The maximum absolute atomic E-state index is 12.9. The van der Waals surface area contributed by atoms with Gasteiger partial charge in [0.25, 0.3) is 11.8 Å². The first-order valence-electron chi connectivity index (χ1n) is 9.25. The predicted molar refractivity (Wildman–Crippen MR) is 105 cm³/mol. The molecule has 1 aliphatic rings. The van der Waals surface area contributed by atoms with Crippen LogP contribution in [0.1, 0.15) is 39.1 Å². The molecule has 6 nitrogen and oxygen atoms in total. The van der Waals surface area contributed by atoms with Gasteiger partial charge in [-0.25, -0.2) is 0 Å². The van der Waals surface area contributed by atoms with Crippen LogP contribution in [0.3, 0.4) is 0 Å². The molecule has 146 valence electrons. The molecule has 2 aromatic carbocycles. The Balaban J connectivity index is 1.78. The van der Waals surface area contributed by atoms with E-state index in [1.165, 1.54) is 4.90 Å².